The molecular weight excluding hydrogens is 365 g/mol. The molecule has 0 radical (unpaired) electrons. The molecule has 10 heteroatoms. The van der Waals surface area contributed by atoms with Crippen LogP contribution in [0.1, 0.15) is 12.0 Å². The van der Waals surface area contributed by atoms with Gasteiger partial charge in [-0.2, -0.15) is 13.2 Å². The molecule has 6 nitrogen and oxygen atoms in total. The highest BCUT2D eigenvalue weighted by atomic mass is 35.5. The van der Waals surface area contributed by atoms with Crippen molar-refractivity contribution in [2.75, 3.05) is 26.8 Å². The molecule has 0 bridgehead atoms. The Hall–Kier alpha value is -1.55. The van der Waals surface area contributed by atoms with Crippen LogP contribution in [0.2, 0.25) is 0 Å². The summed E-state index contributed by atoms with van der Waals surface area (Å²) in [5, 5.41) is 12.2. The summed E-state index contributed by atoms with van der Waals surface area (Å²) < 4.78 is 47.4. The lowest BCUT2D eigenvalue weighted by molar-refractivity contribution is -0.137. The zero-order chi connectivity index (χ0) is 18.2. The molecule has 0 aliphatic carbocycles. The SMILES string of the molecule is COC(CN)CC(=O)NCC(O)COc1ccc(C(F)(F)F)cc1.Cl. The molecule has 0 saturated heterocycles. The number of carbonyl (C=O) groups excluding carboxylic acids is 1. The lowest BCUT2D eigenvalue weighted by Gasteiger charge is -2.16. The smallest absolute Gasteiger partial charge is 0.416 e. The number of rotatable bonds is 9. The number of amides is 1. The van der Waals surface area contributed by atoms with Gasteiger partial charge in [0.05, 0.1) is 18.1 Å². The second-order valence-electron chi connectivity index (χ2n) is 5.09. The Bertz CT molecular complexity index is 510. The maximum Gasteiger partial charge on any atom is 0.416 e. The Labute approximate surface area is 149 Å². The first-order valence-electron chi connectivity index (χ1n) is 7.24. The van der Waals surface area contributed by atoms with Crippen LogP contribution in [0.5, 0.6) is 5.75 Å². The zero-order valence-electron chi connectivity index (χ0n) is 13.6. The third-order valence-electron chi connectivity index (χ3n) is 3.17. The fourth-order valence-electron chi connectivity index (χ4n) is 1.76. The van der Waals surface area contributed by atoms with E-state index < -0.39 is 23.9 Å². The van der Waals surface area contributed by atoms with E-state index in [9.17, 15) is 23.1 Å². The summed E-state index contributed by atoms with van der Waals surface area (Å²) in [4.78, 5) is 11.6. The number of aliphatic hydroxyl groups is 1. The minimum absolute atomic E-state index is 0. The average Bonchev–Trinajstić information content (AvgIpc) is 2.55. The largest absolute Gasteiger partial charge is 0.491 e. The van der Waals surface area contributed by atoms with Gasteiger partial charge in [-0.15, -0.1) is 12.4 Å². The molecule has 0 fully saturated rings. The topological polar surface area (TPSA) is 93.8 Å². The molecule has 0 saturated carbocycles. The standard InChI is InChI=1S/C15H21F3N2O4.ClH/c1-23-13(7-19)6-14(22)20-8-11(21)9-24-12-4-2-10(3-5-12)15(16,17)18;/h2-5,11,13,21H,6-9,19H2,1H3,(H,20,22);1H. The highest BCUT2D eigenvalue weighted by Gasteiger charge is 2.30. The number of benzene rings is 1. The van der Waals surface area contributed by atoms with Crippen LogP contribution in [-0.4, -0.2) is 50.0 Å². The normalized spacial score (nSPS) is 13.5. The number of carbonyl (C=O) groups is 1. The molecule has 1 aromatic carbocycles. The van der Waals surface area contributed by atoms with Crippen LogP contribution < -0.4 is 15.8 Å². The highest BCUT2D eigenvalue weighted by Crippen LogP contribution is 2.30. The first kappa shape index (κ1) is 23.4. The van der Waals surface area contributed by atoms with E-state index in [0.29, 0.717) is 0 Å². The molecule has 0 aromatic heterocycles. The highest BCUT2D eigenvalue weighted by molar-refractivity contribution is 5.85. The lowest BCUT2D eigenvalue weighted by atomic mass is 10.2. The van der Waals surface area contributed by atoms with Crippen molar-refractivity contribution in [1.82, 2.24) is 5.32 Å². The number of ether oxygens (including phenoxy) is 2. The number of methoxy groups -OCH3 is 1. The van der Waals surface area contributed by atoms with E-state index in [2.05, 4.69) is 5.32 Å². The molecule has 2 atom stereocenters. The van der Waals surface area contributed by atoms with Gasteiger partial charge in [0.1, 0.15) is 18.5 Å². The minimum Gasteiger partial charge on any atom is -0.491 e. The first-order chi connectivity index (χ1) is 11.3. The Kier molecular flexibility index (Phi) is 10.4. The molecule has 0 heterocycles. The zero-order valence-corrected chi connectivity index (χ0v) is 14.4. The Morgan fingerprint density at radius 1 is 1.32 bits per heavy atom. The number of hydrogen-bond donors (Lipinski definition) is 3. The van der Waals surface area contributed by atoms with Gasteiger partial charge in [-0.25, -0.2) is 0 Å². The summed E-state index contributed by atoms with van der Waals surface area (Å²) in [7, 11) is 1.44. The fourth-order valence-corrected chi connectivity index (χ4v) is 1.76. The van der Waals surface area contributed by atoms with Gasteiger partial charge in [-0.05, 0) is 24.3 Å². The van der Waals surface area contributed by atoms with Crippen LogP contribution in [0.4, 0.5) is 13.2 Å². The van der Waals surface area contributed by atoms with Gasteiger partial charge < -0.3 is 25.6 Å². The lowest BCUT2D eigenvalue weighted by Crippen LogP contribution is -2.38. The number of nitrogens with one attached hydrogen (secondary N) is 1. The molecule has 0 spiro atoms. The monoisotopic (exact) mass is 386 g/mol. The predicted octanol–water partition coefficient (Wildman–Crippen LogP) is 1.35. The van der Waals surface area contributed by atoms with E-state index in [1.165, 1.54) is 19.2 Å². The second-order valence-corrected chi connectivity index (χ2v) is 5.09. The Morgan fingerprint density at radius 2 is 1.92 bits per heavy atom. The quantitative estimate of drug-likeness (QED) is 0.595. The number of nitrogens with two attached hydrogens (primary N) is 1. The Balaban J connectivity index is 0.00000576. The third-order valence-corrected chi connectivity index (χ3v) is 3.17. The van der Waals surface area contributed by atoms with Crippen molar-refractivity contribution in [3.05, 3.63) is 29.8 Å². The molecule has 1 aromatic rings. The number of aliphatic hydroxyl groups excluding tert-OH is 1. The maximum absolute atomic E-state index is 12.4. The Morgan fingerprint density at radius 3 is 2.40 bits per heavy atom. The third kappa shape index (κ3) is 8.92. The van der Waals surface area contributed by atoms with Crippen molar-refractivity contribution in [1.29, 1.82) is 0 Å². The fraction of sp³-hybridized carbons (Fsp3) is 0.533. The van der Waals surface area contributed by atoms with E-state index in [0.717, 1.165) is 12.1 Å². The summed E-state index contributed by atoms with van der Waals surface area (Å²) in [6.45, 7) is -0.0276. The van der Waals surface area contributed by atoms with Crippen LogP contribution in [-0.2, 0) is 15.7 Å². The predicted molar refractivity (Wildman–Crippen MR) is 87.7 cm³/mol. The van der Waals surface area contributed by atoms with Crippen molar-refractivity contribution >= 4 is 18.3 Å². The summed E-state index contributed by atoms with van der Waals surface area (Å²) in [5.41, 5.74) is 4.61. The molecule has 1 amide bonds. The van der Waals surface area contributed by atoms with Crippen LogP contribution in [0.25, 0.3) is 0 Å². The number of halogens is 4. The van der Waals surface area contributed by atoms with Gasteiger partial charge in [-0.1, -0.05) is 0 Å². The molecule has 25 heavy (non-hydrogen) atoms. The van der Waals surface area contributed by atoms with Gasteiger partial charge in [-0.3, -0.25) is 4.79 Å². The molecule has 144 valence electrons. The summed E-state index contributed by atoms with van der Waals surface area (Å²) in [6.07, 6.45) is -5.74. The van der Waals surface area contributed by atoms with Crippen LogP contribution in [0, 0.1) is 0 Å². The molecule has 0 aliphatic heterocycles. The van der Waals surface area contributed by atoms with E-state index in [4.69, 9.17) is 15.2 Å². The van der Waals surface area contributed by atoms with Crippen molar-refractivity contribution in [3.63, 3.8) is 0 Å². The minimum atomic E-state index is -4.41. The van der Waals surface area contributed by atoms with Crippen LogP contribution >= 0.6 is 12.4 Å². The van der Waals surface area contributed by atoms with Gasteiger partial charge in [0, 0.05) is 20.2 Å². The first-order valence-corrected chi connectivity index (χ1v) is 7.24. The summed E-state index contributed by atoms with van der Waals surface area (Å²) >= 11 is 0. The molecular formula is C15H22ClF3N2O4. The molecule has 4 N–H and O–H groups in total. The number of alkyl halides is 3. The van der Waals surface area contributed by atoms with Crippen molar-refractivity contribution in [3.8, 4) is 5.75 Å². The van der Waals surface area contributed by atoms with E-state index in [1.54, 1.807) is 0 Å². The van der Waals surface area contributed by atoms with Gasteiger partial charge in [0.25, 0.3) is 0 Å². The molecule has 0 aliphatic rings. The van der Waals surface area contributed by atoms with Gasteiger partial charge in [0.2, 0.25) is 5.91 Å². The van der Waals surface area contributed by atoms with E-state index >= 15 is 0 Å². The number of hydrogen-bond acceptors (Lipinski definition) is 5. The summed E-state index contributed by atoms with van der Waals surface area (Å²) in [5.74, 6) is -0.142. The van der Waals surface area contributed by atoms with Crippen molar-refractivity contribution in [2.24, 2.45) is 5.73 Å². The molecule has 1 rings (SSSR count). The summed E-state index contributed by atoms with van der Waals surface area (Å²) in [6, 6.07) is 4.11. The molecule has 2 unspecified atom stereocenters. The van der Waals surface area contributed by atoms with Gasteiger partial charge >= 0.3 is 6.18 Å². The second kappa shape index (κ2) is 11.1. The van der Waals surface area contributed by atoms with Crippen molar-refractivity contribution < 1.29 is 32.5 Å². The average molecular weight is 387 g/mol. The van der Waals surface area contributed by atoms with Crippen LogP contribution in [0.15, 0.2) is 24.3 Å². The van der Waals surface area contributed by atoms with Gasteiger partial charge in [0.15, 0.2) is 0 Å². The van der Waals surface area contributed by atoms with E-state index in [-0.39, 0.29) is 50.2 Å². The van der Waals surface area contributed by atoms with Crippen molar-refractivity contribution in [2.45, 2.75) is 24.8 Å². The maximum atomic E-state index is 12.4. The van der Waals surface area contributed by atoms with E-state index in [1.807, 2.05) is 0 Å². The van der Waals surface area contributed by atoms with Crippen LogP contribution in [0.3, 0.4) is 0 Å².